The number of carbonyl (C=O) groups is 1. The summed E-state index contributed by atoms with van der Waals surface area (Å²) in [5.41, 5.74) is -1.01. The Labute approximate surface area is 83.8 Å². The molecule has 0 aromatic carbocycles. The fourth-order valence-corrected chi connectivity index (χ4v) is 1.37. The molecule has 15 heavy (non-hydrogen) atoms. The van der Waals surface area contributed by atoms with Gasteiger partial charge in [0.05, 0.1) is 0 Å². The summed E-state index contributed by atoms with van der Waals surface area (Å²) < 4.78 is 6.38. The van der Waals surface area contributed by atoms with Crippen molar-refractivity contribution in [1.29, 1.82) is 0 Å². The molecular weight excluding hydrogens is 200 g/mol. The number of allylic oxidation sites excluding steroid dienone is 1. The van der Waals surface area contributed by atoms with Gasteiger partial charge >= 0.3 is 5.69 Å². The summed E-state index contributed by atoms with van der Waals surface area (Å²) in [4.78, 5) is 34.6. The van der Waals surface area contributed by atoms with Gasteiger partial charge in [0.2, 0.25) is 0 Å². The maximum Gasteiger partial charge on any atom is 0.331 e. The lowest BCUT2D eigenvalue weighted by Crippen LogP contribution is -2.31. The average Bonchev–Trinajstić information content (AvgIpc) is 2.66. The summed E-state index contributed by atoms with van der Waals surface area (Å²) in [6.45, 7) is 0. The highest BCUT2D eigenvalue weighted by atomic mass is 16.5. The van der Waals surface area contributed by atoms with Crippen molar-refractivity contribution in [1.82, 2.24) is 9.55 Å². The van der Waals surface area contributed by atoms with Gasteiger partial charge in [0, 0.05) is 18.7 Å². The molecule has 0 amide bonds. The van der Waals surface area contributed by atoms with Crippen molar-refractivity contribution in [2.75, 3.05) is 0 Å². The number of aromatic nitrogens is 2. The van der Waals surface area contributed by atoms with Gasteiger partial charge in [0.15, 0.2) is 18.3 Å². The van der Waals surface area contributed by atoms with Gasteiger partial charge < -0.3 is 4.74 Å². The van der Waals surface area contributed by atoms with E-state index in [1.165, 1.54) is 16.8 Å². The summed E-state index contributed by atoms with van der Waals surface area (Å²) in [6, 6.07) is 1.23. The minimum absolute atomic E-state index is 0.207. The molecule has 1 aromatic rings. The number of aldehydes is 1. The highest BCUT2D eigenvalue weighted by Gasteiger charge is 2.20. The molecule has 0 bridgehead atoms. The number of H-pyrrole nitrogens is 1. The van der Waals surface area contributed by atoms with Gasteiger partial charge in [-0.2, -0.15) is 0 Å². The Morgan fingerprint density at radius 3 is 2.93 bits per heavy atom. The van der Waals surface area contributed by atoms with Crippen molar-refractivity contribution in [3.05, 3.63) is 44.9 Å². The van der Waals surface area contributed by atoms with Gasteiger partial charge in [-0.05, 0) is 6.08 Å². The van der Waals surface area contributed by atoms with E-state index in [1.54, 1.807) is 6.08 Å². The molecule has 1 N–H and O–H groups in total. The normalized spacial score (nSPS) is 19.5. The lowest BCUT2D eigenvalue weighted by Gasteiger charge is -2.13. The van der Waals surface area contributed by atoms with Crippen LogP contribution < -0.4 is 11.2 Å². The van der Waals surface area contributed by atoms with E-state index in [1.807, 2.05) is 0 Å². The topological polar surface area (TPSA) is 81.2 Å². The minimum atomic E-state index is -0.548. The van der Waals surface area contributed by atoms with Crippen LogP contribution in [0.3, 0.4) is 0 Å². The summed E-state index contributed by atoms with van der Waals surface area (Å²) in [5.74, 6) is 0.207. The zero-order valence-electron chi connectivity index (χ0n) is 7.67. The predicted molar refractivity (Wildman–Crippen MR) is 50.2 cm³/mol. The van der Waals surface area contributed by atoms with Crippen LogP contribution in [0.2, 0.25) is 0 Å². The van der Waals surface area contributed by atoms with E-state index in [9.17, 15) is 14.4 Å². The fraction of sp³-hybridized carbons (Fsp3) is 0.222. The molecule has 1 aliphatic rings. The first-order chi connectivity index (χ1) is 7.20. The molecule has 78 valence electrons. The molecule has 1 aliphatic heterocycles. The van der Waals surface area contributed by atoms with Crippen LogP contribution in [0.15, 0.2) is 33.7 Å². The Bertz CT molecular complexity index is 525. The lowest BCUT2D eigenvalue weighted by molar-refractivity contribution is -0.108. The molecule has 2 rings (SSSR count). The Kier molecular flexibility index (Phi) is 2.24. The van der Waals surface area contributed by atoms with Gasteiger partial charge in [-0.1, -0.05) is 0 Å². The second kappa shape index (κ2) is 3.56. The van der Waals surface area contributed by atoms with E-state index >= 15 is 0 Å². The van der Waals surface area contributed by atoms with Gasteiger partial charge in [-0.15, -0.1) is 0 Å². The molecule has 6 nitrogen and oxygen atoms in total. The van der Waals surface area contributed by atoms with Crippen molar-refractivity contribution < 1.29 is 9.53 Å². The Hall–Kier alpha value is -2.11. The first kappa shape index (κ1) is 9.45. The molecule has 0 spiro atoms. The summed E-state index contributed by atoms with van der Waals surface area (Å²) >= 11 is 0. The van der Waals surface area contributed by atoms with Crippen LogP contribution in [0.25, 0.3) is 0 Å². The van der Waals surface area contributed by atoms with Crippen LogP contribution in [0, 0.1) is 0 Å². The number of hydrogen-bond acceptors (Lipinski definition) is 4. The average molecular weight is 208 g/mol. The van der Waals surface area contributed by atoms with Crippen molar-refractivity contribution >= 4 is 6.29 Å². The number of rotatable bonds is 2. The van der Waals surface area contributed by atoms with E-state index in [-0.39, 0.29) is 5.76 Å². The van der Waals surface area contributed by atoms with Crippen LogP contribution in [0.5, 0.6) is 0 Å². The largest absolute Gasteiger partial charge is 0.467 e. The van der Waals surface area contributed by atoms with E-state index in [0.29, 0.717) is 12.7 Å². The third-order valence-electron chi connectivity index (χ3n) is 2.07. The number of carbonyl (C=O) groups excluding carboxylic acids is 1. The van der Waals surface area contributed by atoms with Gasteiger partial charge in [-0.3, -0.25) is 19.1 Å². The zero-order valence-corrected chi connectivity index (χ0v) is 7.67. The van der Waals surface area contributed by atoms with Gasteiger partial charge in [-0.25, -0.2) is 4.79 Å². The SMILES string of the molecule is O=CC1=CCC(n2ccc(=O)[nH]c2=O)O1. The third kappa shape index (κ3) is 1.74. The standard InChI is InChI=1S/C9H8N2O4/c12-5-6-1-2-8(15-6)11-4-3-7(13)10-9(11)14/h1,3-5,8H,2H2,(H,10,13,14). The van der Waals surface area contributed by atoms with E-state index in [2.05, 4.69) is 4.98 Å². The van der Waals surface area contributed by atoms with Crippen molar-refractivity contribution in [3.8, 4) is 0 Å². The quantitative estimate of drug-likeness (QED) is 0.666. The van der Waals surface area contributed by atoms with Crippen molar-refractivity contribution in [2.45, 2.75) is 12.6 Å². The van der Waals surface area contributed by atoms with E-state index < -0.39 is 17.5 Å². The second-order valence-corrected chi connectivity index (χ2v) is 3.05. The number of nitrogens with zero attached hydrogens (tertiary/aromatic N) is 1. The van der Waals surface area contributed by atoms with Gasteiger partial charge in [0.1, 0.15) is 0 Å². The molecule has 2 heterocycles. The molecule has 6 heteroatoms. The molecule has 1 unspecified atom stereocenters. The first-order valence-electron chi connectivity index (χ1n) is 4.34. The molecule has 1 atom stereocenters. The molecule has 0 radical (unpaired) electrons. The first-order valence-corrected chi connectivity index (χ1v) is 4.34. The van der Waals surface area contributed by atoms with E-state index in [0.717, 1.165) is 0 Å². The third-order valence-corrected chi connectivity index (χ3v) is 2.07. The molecule has 0 aliphatic carbocycles. The molecule has 0 saturated carbocycles. The van der Waals surface area contributed by atoms with Crippen LogP contribution in [-0.4, -0.2) is 15.8 Å². The molecule has 1 aromatic heterocycles. The highest BCUT2D eigenvalue weighted by Crippen LogP contribution is 2.22. The summed E-state index contributed by atoms with van der Waals surface area (Å²) in [5, 5.41) is 0. The lowest BCUT2D eigenvalue weighted by atomic mass is 10.4. The Balaban J connectivity index is 2.30. The second-order valence-electron chi connectivity index (χ2n) is 3.05. The Morgan fingerprint density at radius 2 is 2.33 bits per heavy atom. The number of hydrogen-bond donors (Lipinski definition) is 1. The summed E-state index contributed by atoms with van der Waals surface area (Å²) in [6.07, 6.45) is 3.40. The zero-order chi connectivity index (χ0) is 10.8. The van der Waals surface area contributed by atoms with Gasteiger partial charge in [0.25, 0.3) is 5.56 Å². The minimum Gasteiger partial charge on any atom is -0.467 e. The maximum absolute atomic E-state index is 11.3. The smallest absolute Gasteiger partial charge is 0.331 e. The van der Waals surface area contributed by atoms with Crippen LogP contribution in [0.1, 0.15) is 12.6 Å². The van der Waals surface area contributed by atoms with Crippen molar-refractivity contribution in [3.63, 3.8) is 0 Å². The summed E-state index contributed by atoms with van der Waals surface area (Å²) in [7, 11) is 0. The molecule has 0 saturated heterocycles. The molecular formula is C9H8N2O4. The van der Waals surface area contributed by atoms with E-state index in [4.69, 9.17) is 4.74 Å². The molecule has 0 fully saturated rings. The highest BCUT2D eigenvalue weighted by molar-refractivity contribution is 5.70. The Morgan fingerprint density at radius 1 is 1.53 bits per heavy atom. The monoisotopic (exact) mass is 208 g/mol. The maximum atomic E-state index is 11.3. The van der Waals surface area contributed by atoms with Crippen LogP contribution >= 0.6 is 0 Å². The fourth-order valence-electron chi connectivity index (χ4n) is 1.37. The van der Waals surface area contributed by atoms with Crippen LogP contribution in [-0.2, 0) is 9.53 Å². The van der Waals surface area contributed by atoms with Crippen molar-refractivity contribution in [2.24, 2.45) is 0 Å². The van der Waals surface area contributed by atoms with Crippen LogP contribution in [0.4, 0.5) is 0 Å². The predicted octanol–water partition coefficient (Wildman–Crippen LogP) is -0.462. The number of ether oxygens (including phenoxy) is 1. The number of aromatic amines is 1. The number of nitrogens with one attached hydrogen (secondary N) is 1.